The van der Waals surface area contributed by atoms with Crippen molar-refractivity contribution in [3.05, 3.63) is 131 Å². The number of nitrogens with zero attached hydrogens (tertiary/aromatic N) is 6. The summed E-state index contributed by atoms with van der Waals surface area (Å²) in [6.45, 7) is 7.84. The van der Waals surface area contributed by atoms with Crippen LogP contribution in [0.3, 0.4) is 0 Å². The molecule has 0 aliphatic rings. The molecular formula is C39H38F2N6O8. The van der Waals surface area contributed by atoms with Crippen LogP contribution in [0.25, 0.3) is 11.6 Å². The van der Waals surface area contributed by atoms with Crippen LogP contribution in [0.4, 0.5) is 8.78 Å². The second-order valence-corrected chi connectivity index (χ2v) is 12.2. The Labute approximate surface area is 314 Å². The average Bonchev–Trinajstić information content (AvgIpc) is 3.84. The molecule has 2 aromatic carbocycles. The minimum atomic E-state index is -1.06. The molecule has 2 N–H and O–H groups in total. The highest BCUT2D eigenvalue weighted by Crippen LogP contribution is 2.26. The van der Waals surface area contributed by atoms with E-state index in [0.29, 0.717) is 46.0 Å². The average molecular weight is 757 g/mol. The third-order valence-electron chi connectivity index (χ3n) is 7.71. The van der Waals surface area contributed by atoms with E-state index >= 15 is 0 Å². The first-order valence-electron chi connectivity index (χ1n) is 17.0. The zero-order chi connectivity index (χ0) is 39.5. The maximum atomic E-state index is 13.6. The monoisotopic (exact) mass is 756 g/mol. The molecule has 6 rings (SSSR count). The number of rotatable bonds is 15. The molecule has 4 heterocycles. The lowest BCUT2D eigenvalue weighted by Gasteiger charge is -2.17. The first kappa shape index (κ1) is 39.4. The normalized spacial score (nSPS) is 11.3. The Morgan fingerprint density at radius 3 is 1.53 bits per heavy atom. The van der Waals surface area contributed by atoms with Crippen molar-refractivity contribution in [1.82, 2.24) is 29.5 Å². The molecule has 0 aliphatic carbocycles. The van der Waals surface area contributed by atoms with Crippen LogP contribution in [0.5, 0.6) is 23.3 Å². The summed E-state index contributed by atoms with van der Waals surface area (Å²) in [7, 11) is 0. The van der Waals surface area contributed by atoms with Crippen LogP contribution in [0, 0.1) is 11.6 Å². The highest BCUT2D eigenvalue weighted by atomic mass is 19.1. The van der Waals surface area contributed by atoms with Crippen molar-refractivity contribution in [2.24, 2.45) is 0 Å². The van der Waals surface area contributed by atoms with E-state index < -0.39 is 17.8 Å². The molecule has 0 aliphatic heterocycles. The molecule has 14 nitrogen and oxygen atoms in total. The third kappa shape index (κ3) is 10.6. The number of pyridine rings is 2. The minimum Gasteiger partial charge on any atom is -0.490 e. The van der Waals surface area contributed by atoms with Gasteiger partial charge in [0.1, 0.15) is 36.3 Å². The lowest BCUT2D eigenvalue weighted by molar-refractivity contribution is 0.0686. The number of benzene rings is 2. The van der Waals surface area contributed by atoms with Crippen molar-refractivity contribution in [3.8, 4) is 34.9 Å². The Hall–Kier alpha value is -6.84. The number of carboxylic acids is 2. The van der Waals surface area contributed by atoms with Crippen molar-refractivity contribution in [3.63, 3.8) is 0 Å². The van der Waals surface area contributed by atoms with Gasteiger partial charge in [0.05, 0.1) is 35.7 Å². The topological polar surface area (TPSA) is 173 Å². The van der Waals surface area contributed by atoms with Gasteiger partial charge in [0, 0.05) is 47.8 Å². The van der Waals surface area contributed by atoms with Crippen LogP contribution >= 0.6 is 0 Å². The van der Waals surface area contributed by atoms with Gasteiger partial charge in [-0.2, -0.15) is 19.6 Å². The number of ether oxygens (including phenoxy) is 4. The zero-order valence-electron chi connectivity index (χ0n) is 30.3. The molecule has 16 heteroatoms. The van der Waals surface area contributed by atoms with Gasteiger partial charge >= 0.3 is 11.9 Å². The van der Waals surface area contributed by atoms with Crippen molar-refractivity contribution < 1.29 is 47.5 Å². The number of halogens is 2. The molecule has 0 amide bonds. The molecule has 4 aromatic heterocycles. The van der Waals surface area contributed by atoms with E-state index in [0.717, 1.165) is 6.42 Å². The van der Waals surface area contributed by atoms with Gasteiger partial charge in [-0.05, 0) is 75.7 Å². The molecule has 0 fully saturated rings. The van der Waals surface area contributed by atoms with E-state index in [2.05, 4.69) is 20.2 Å². The number of aromatic carboxylic acids is 2. The van der Waals surface area contributed by atoms with Crippen LogP contribution in [0.15, 0.2) is 97.6 Å². The molecule has 6 aromatic rings. The standard InChI is InChI=1S/C20H20FN3O4.C19H18FN3O4/c1-3-13(2)28-17-11-16(21)5-4-15(17)12-27-19-7-9-23-24(19)18-10-14(20(25)26)6-8-22-18;1-12(2)27-16-10-15(20)4-3-14(16)11-26-18-6-8-22-23(18)17-9-13(19(24)25)5-7-21-17/h4-11,13H,3,12H2,1-2H3,(H,25,26);3-10,12H,11H2,1-2H3,(H,24,25). The van der Waals surface area contributed by atoms with Gasteiger partial charge < -0.3 is 29.2 Å². The fraction of sp³-hybridized carbons (Fsp3) is 0.231. The third-order valence-corrected chi connectivity index (χ3v) is 7.71. The summed E-state index contributed by atoms with van der Waals surface area (Å²) >= 11 is 0. The molecule has 0 spiro atoms. The number of hydrogen-bond acceptors (Lipinski definition) is 10. The summed E-state index contributed by atoms with van der Waals surface area (Å²) in [6, 6.07) is 17.4. The van der Waals surface area contributed by atoms with Crippen molar-refractivity contribution >= 4 is 11.9 Å². The van der Waals surface area contributed by atoms with E-state index in [1.165, 1.54) is 82.7 Å². The maximum Gasteiger partial charge on any atom is 0.335 e. The van der Waals surface area contributed by atoms with Crippen LogP contribution in [-0.4, -0.2) is 63.9 Å². The van der Waals surface area contributed by atoms with Gasteiger partial charge in [0.15, 0.2) is 11.6 Å². The Morgan fingerprint density at radius 2 is 1.11 bits per heavy atom. The van der Waals surface area contributed by atoms with Gasteiger partial charge in [-0.25, -0.2) is 28.3 Å². The zero-order valence-corrected chi connectivity index (χ0v) is 30.3. The fourth-order valence-corrected chi connectivity index (χ4v) is 4.85. The van der Waals surface area contributed by atoms with Gasteiger partial charge in [0.2, 0.25) is 11.8 Å². The maximum absolute atomic E-state index is 13.6. The van der Waals surface area contributed by atoms with E-state index in [4.69, 9.17) is 29.2 Å². The van der Waals surface area contributed by atoms with Gasteiger partial charge in [-0.15, -0.1) is 0 Å². The summed E-state index contributed by atoms with van der Waals surface area (Å²) in [5, 5.41) is 26.5. The van der Waals surface area contributed by atoms with E-state index in [1.54, 1.807) is 24.3 Å². The second kappa shape index (κ2) is 18.3. The molecular weight excluding hydrogens is 718 g/mol. The Balaban J connectivity index is 0.000000211. The number of hydrogen-bond donors (Lipinski definition) is 2. The van der Waals surface area contributed by atoms with Crippen LogP contribution < -0.4 is 18.9 Å². The van der Waals surface area contributed by atoms with E-state index in [9.17, 15) is 18.4 Å². The summed E-state index contributed by atoms with van der Waals surface area (Å²) < 4.78 is 52.9. The quantitative estimate of drug-likeness (QED) is 0.107. The molecule has 286 valence electrons. The summed E-state index contributed by atoms with van der Waals surface area (Å²) in [6.07, 6.45) is 6.43. The predicted octanol–water partition coefficient (Wildman–Crippen LogP) is 7.33. The molecule has 0 saturated carbocycles. The van der Waals surface area contributed by atoms with Gasteiger partial charge in [0.25, 0.3) is 0 Å². The molecule has 1 atom stereocenters. The Morgan fingerprint density at radius 1 is 0.655 bits per heavy atom. The molecule has 55 heavy (non-hydrogen) atoms. The summed E-state index contributed by atoms with van der Waals surface area (Å²) in [5.41, 5.74) is 1.54. The Bertz CT molecular complexity index is 2240. The lowest BCUT2D eigenvalue weighted by atomic mass is 10.2. The summed E-state index contributed by atoms with van der Waals surface area (Å²) in [5.74, 6) is -0.711. The first-order chi connectivity index (χ1) is 26.4. The second-order valence-electron chi connectivity index (χ2n) is 12.2. The lowest BCUT2D eigenvalue weighted by Crippen LogP contribution is -2.12. The Kier molecular flexibility index (Phi) is 13.1. The molecule has 1 unspecified atom stereocenters. The van der Waals surface area contributed by atoms with Crippen molar-refractivity contribution in [2.75, 3.05) is 0 Å². The molecule has 0 bridgehead atoms. The molecule has 0 saturated heterocycles. The number of carboxylic acid groups (broad SMARTS) is 2. The van der Waals surface area contributed by atoms with Gasteiger partial charge in [-0.1, -0.05) is 6.92 Å². The largest absolute Gasteiger partial charge is 0.490 e. The van der Waals surface area contributed by atoms with E-state index in [1.807, 2.05) is 27.7 Å². The van der Waals surface area contributed by atoms with Crippen LogP contribution in [0.1, 0.15) is 66.0 Å². The predicted molar refractivity (Wildman–Crippen MR) is 194 cm³/mol. The number of carbonyl (C=O) groups is 2. The highest BCUT2D eigenvalue weighted by molar-refractivity contribution is 5.88. The SMILES string of the molecule is CC(C)Oc1cc(F)ccc1COc1ccnn1-c1cc(C(=O)O)ccn1.CCC(C)Oc1cc(F)ccc1COc1ccnn1-c1cc(C(=O)O)ccn1. The summed E-state index contributed by atoms with van der Waals surface area (Å²) in [4.78, 5) is 30.6. The van der Waals surface area contributed by atoms with Crippen LogP contribution in [-0.2, 0) is 13.2 Å². The highest BCUT2D eigenvalue weighted by Gasteiger charge is 2.15. The minimum absolute atomic E-state index is 0.0611. The number of aromatic nitrogens is 6. The van der Waals surface area contributed by atoms with Crippen molar-refractivity contribution in [1.29, 1.82) is 0 Å². The molecule has 0 radical (unpaired) electrons. The fourth-order valence-electron chi connectivity index (χ4n) is 4.85. The van der Waals surface area contributed by atoms with E-state index in [-0.39, 0.29) is 42.4 Å². The smallest absolute Gasteiger partial charge is 0.335 e. The van der Waals surface area contributed by atoms with Crippen molar-refractivity contribution in [2.45, 2.75) is 59.5 Å². The van der Waals surface area contributed by atoms with Gasteiger partial charge in [-0.3, -0.25) is 0 Å². The van der Waals surface area contributed by atoms with Crippen LogP contribution in [0.2, 0.25) is 0 Å². The first-order valence-corrected chi connectivity index (χ1v) is 17.0.